The lowest BCUT2D eigenvalue weighted by Crippen LogP contribution is -2.55. The molecule has 0 saturated carbocycles. The normalized spacial score (nSPS) is 16.7. The van der Waals surface area contributed by atoms with E-state index >= 15 is 0 Å². The number of barbiturate groups is 1. The Balaban J connectivity index is 0.00000196. The van der Waals surface area contributed by atoms with Gasteiger partial charge in [0.05, 0.1) is 0 Å². The Labute approximate surface area is 94.4 Å². The highest BCUT2D eigenvalue weighted by atomic mass is 35.5. The van der Waals surface area contributed by atoms with Gasteiger partial charge in [-0.05, 0) is 6.42 Å². The number of amides is 4. The standard InChI is InChI=1S/C9H14N2O3.ClH/c1-2-3-4-5-6-7(12)10-9(14)11-8(6)13;/h6H,2-5H2,1H3,(H2,10,11,12,13,14);1H. The predicted molar refractivity (Wildman–Crippen MR) is 56.6 cm³/mol. The molecule has 1 heterocycles. The molecule has 0 aromatic rings. The highest BCUT2D eigenvalue weighted by molar-refractivity contribution is 6.16. The van der Waals surface area contributed by atoms with Crippen molar-refractivity contribution >= 4 is 30.3 Å². The molecule has 1 aliphatic rings. The fourth-order valence-electron chi connectivity index (χ4n) is 1.41. The van der Waals surface area contributed by atoms with Crippen LogP contribution in [-0.2, 0) is 9.59 Å². The molecule has 0 aliphatic carbocycles. The topological polar surface area (TPSA) is 75.3 Å². The summed E-state index contributed by atoms with van der Waals surface area (Å²) in [5.74, 6) is -1.65. The Morgan fingerprint density at radius 2 is 1.60 bits per heavy atom. The summed E-state index contributed by atoms with van der Waals surface area (Å²) in [5.41, 5.74) is 0. The lowest BCUT2D eigenvalue weighted by atomic mass is 9.98. The van der Waals surface area contributed by atoms with E-state index in [1.54, 1.807) is 0 Å². The molecule has 1 rings (SSSR count). The average molecular weight is 235 g/mol. The van der Waals surface area contributed by atoms with Crippen LogP contribution in [0.2, 0.25) is 0 Å². The monoisotopic (exact) mass is 234 g/mol. The van der Waals surface area contributed by atoms with Crippen LogP contribution in [0.4, 0.5) is 4.79 Å². The van der Waals surface area contributed by atoms with Crippen molar-refractivity contribution in [1.82, 2.24) is 10.6 Å². The van der Waals surface area contributed by atoms with Gasteiger partial charge >= 0.3 is 6.03 Å². The number of unbranched alkanes of at least 4 members (excludes halogenated alkanes) is 2. The molecule has 4 amide bonds. The van der Waals surface area contributed by atoms with E-state index in [-0.39, 0.29) is 12.4 Å². The van der Waals surface area contributed by atoms with Gasteiger partial charge < -0.3 is 0 Å². The summed E-state index contributed by atoms with van der Waals surface area (Å²) in [6, 6.07) is -0.716. The first-order valence-electron chi connectivity index (χ1n) is 4.81. The third kappa shape index (κ3) is 3.87. The summed E-state index contributed by atoms with van der Waals surface area (Å²) in [5, 5.41) is 4.15. The molecule has 1 saturated heterocycles. The van der Waals surface area contributed by atoms with Gasteiger partial charge in [-0.25, -0.2) is 4.79 Å². The molecule has 0 bridgehead atoms. The zero-order valence-corrected chi connectivity index (χ0v) is 9.36. The fraction of sp³-hybridized carbons (Fsp3) is 0.667. The van der Waals surface area contributed by atoms with Crippen LogP contribution < -0.4 is 10.6 Å². The summed E-state index contributed by atoms with van der Waals surface area (Å²) in [4.78, 5) is 33.1. The Morgan fingerprint density at radius 1 is 1.07 bits per heavy atom. The van der Waals surface area contributed by atoms with Crippen LogP contribution in [0.3, 0.4) is 0 Å². The van der Waals surface area contributed by atoms with Gasteiger partial charge in [-0.1, -0.05) is 26.2 Å². The molecule has 6 heteroatoms. The quantitative estimate of drug-likeness (QED) is 0.562. The lowest BCUT2D eigenvalue weighted by molar-refractivity contribution is -0.136. The predicted octanol–water partition coefficient (Wildman–Crippen LogP) is 0.971. The van der Waals surface area contributed by atoms with Crippen molar-refractivity contribution in [2.24, 2.45) is 5.92 Å². The van der Waals surface area contributed by atoms with Gasteiger partial charge in [0.25, 0.3) is 0 Å². The molecule has 0 spiro atoms. The van der Waals surface area contributed by atoms with E-state index in [9.17, 15) is 14.4 Å². The maximum absolute atomic E-state index is 11.2. The first kappa shape index (κ1) is 13.9. The molecule has 0 radical (unpaired) electrons. The Hall–Kier alpha value is -1.10. The molecule has 86 valence electrons. The molecule has 2 N–H and O–H groups in total. The minimum Gasteiger partial charge on any atom is -0.277 e. The van der Waals surface area contributed by atoms with Crippen molar-refractivity contribution in [2.75, 3.05) is 0 Å². The Kier molecular flexibility index (Phi) is 5.93. The number of urea groups is 1. The molecule has 0 unspecified atom stereocenters. The van der Waals surface area contributed by atoms with Crippen LogP contribution in [0.25, 0.3) is 0 Å². The van der Waals surface area contributed by atoms with Crippen molar-refractivity contribution < 1.29 is 14.4 Å². The average Bonchev–Trinajstić information content (AvgIpc) is 2.09. The van der Waals surface area contributed by atoms with Gasteiger partial charge in [-0.2, -0.15) is 0 Å². The number of rotatable bonds is 4. The van der Waals surface area contributed by atoms with E-state index in [1.165, 1.54) is 0 Å². The zero-order chi connectivity index (χ0) is 10.6. The molecule has 0 aromatic heterocycles. The van der Waals surface area contributed by atoms with Crippen molar-refractivity contribution in [3.05, 3.63) is 0 Å². The number of imide groups is 2. The first-order valence-corrected chi connectivity index (χ1v) is 4.81. The zero-order valence-electron chi connectivity index (χ0n) is 8.54. The van der Waals surface area contributed by atoms with Crippen LogP contribution in [0.5, 0.6) is 0 Å². The molecular weight excluding hydrogens is 220 g/mol. The maximum atomic E-state index is 11.2. The second-order valence-electron chi connectivity index (χ2n) is 3.36. The van der Waals surface area contributed by atoms with Crippen LogP contribution in [0, 0.1) is 5.92 Å². The van der Waals surface area contributed by atoms with Crippen molar-refractivity contribution in [3.8, 4) is 0 Å². The Bertz CT molecular complexity index is 248. The van der Waals surface area contributed by atoms with E-state index in [2.05, 4.69) is 10.6 Å². The molecule has 0 atom stereocenters. The van der Waals surface area contributed by atoms with Gasteiger partial charge in [0.15, 0.2) is 0 Å². The highest BCUT2D eigenvalue weighted by Crippen LogP contribution is 2.12. The second kappa shape index (κ2) is 6.40. The van der Waals surface area contributed by atoms with E-state index in [4.69, 9.17) is 0 Å². The van der Waals surface area contributed by atoms with Crippen molar-refractivity contribution in [2.45, 2.75) is 32.6 Å². The molecule has 5 nitrogen and oxygen atoms in total. The number of carbonyl (C=O) groups is 3. The number of hydrogen-bond acceptors (Lipinski definition) is 3. The van der Waals surface area contributed by atoms with Crippen molar-refractivity contribution in [3.63, 3.8) is 0 Å². The number of nitrogens with one attached hydrogen (secondary N) is 2. The summed E-state index contributed by atoms with van der Waals surface area (Å²) >= 11 is 0. The third-order valence-corrected chi connectivity index (χ3v) is 2.20. The van der Waals surface area contributed by atoms with Gasteiger partial charge in [0.1, 0.15) is 5.92 Å². The minimum atomic E-state index is -0.716. The van der Waals surface area contributed by atoms with Crippen LogP contribution in [0.15, 0.2) is 0 Å². The number of carbonyl (C=O) groups excluding carboxylic acids is 3. The summed E-state index contributed by atoms with van der Waals surface area (Å²) < 4.78 is 0. The van der Waals surface area contributed by atoms with Gasteiger partial charge in [0, 0.05) is 0 Å². The lowest BCUT2D eigenvalue weighted by Gasteiger charge is -2.20. The SMILES string of the molecule is CCCCCC1C(=O)NC(=O)NC1=O.Cl. The molecular formula is C9H15ClN2O3. The Morgan fingerprint density at radius 3 is 2.07 bits per heavy atom. The van der Waals surface area contributed by atoms with E-state index in [0.29, 0.717) is 6.42 Å². The van der Waals surface area contributed by atoms with Crippen LogP contribution in [-0.4, -0.2) is 17.8 Å². The third-order valence-electron chi connectivity index (χ3n) is 2.20. The minimum absolute atomic E-state index is 0. The molecule has 0 aromatic carbocycles. The summed E-state index contributed by atoms with van der Waals surface area (Å²) in [6.07, 6.45) is 3.37. The smallest absolute Gasteiger partial charge is 0.277 e. The molecule has 15 heavy (non-hydrogen) atoms. The fourth-order valence-corrected chi connectivity index (χ4v) is 1.41. The van der Waals surface area contributed by atoms with E-state index in [1.807, 2.05) is 6.92 Å². The van der Waals surface area contributed by atoms with Crippen LogP contribution in [0.1, 0.15) is 32.6 Å². The second-order valence-corrected chi connectivity index (χ2v) is 3.36. The van der Waals surface area contributed by atoms with Gasteiger partial charge in [0.2, 0.25) is 11.8 Å². The molecule has 1 fully saturated rings. The maximum Gasteiger partial charge on any atom is 0.328 e. The summed E-state index contributed by atoms with van der Waals surface area (Å²) in [6.45, 7) is 2.05. The van der Waals surface area contributed by atoms with Gasteiger partial charge in [-0.3, -0.25) is 20.2 Å². The molecule has 1 aliphatic heterocycles. The van der Waals surface area contributed by atoms with Crippen molar-refractivity contribution in [1.29, 1.82) is 0 Å². The van der Waals surface area contributed by atoms with E-state index < -0.39 is 23.8 Å². The summed E-state index contributed by atoms with van der Waals surface area (Å²) in [7, 11) is 0. The van der Waals surface area contributed by atoms with E-state index in [0.717, 1.165) is 19.3 Å². The number of halogens is 1. The van der Waals surface area contributed by atoms with Gasteiger partial charge in [-0.15, -0.1) is 12.4 Å². The first-order chi connectivity index (χ1) is 6.65. The number of hydrogen-bond donors (Lipinski definition) is 2. The van der Waals surface area contributed by atoms with Crippen LogP contribution >= 0.6 is 12.4 Å². The largest absolute Gasteiger partial charge is 0.328 e. The highest BCUT2D eigenvalue weighted by Gasteiger charge is 2.33.